The van der Waals surface area contributed by atoms with Gasteiger partial charge in [-0.1, -0.05) is 36.4 Å². The lowest BCUT2D eigenvalue weighted by molar-refractivity contribution is 1.15. The second kappa shape index (κ2) is 6.61. The quantitative estimate of drug-likeness (QED) is 0.658. The van der Waals surface area contributed by atoms with Gasteiger partial charge < -0.3 is 0 Å². The van der Waals surface area contributed by atoms with Crippen LogP contribution in [-0.2, 0) is 10.7 Å². The largest absolute Gasteiger partial charge is 0.226 e. The smallest absolute Gasteiger partial charge is 0.224 e. The third-order valence-electron chi connectivity index (χ3n) is 2.73. The van der Waals surface area contributed by atoms with Gasteiger partial charge in [0, 0.05) is 22.1 Å². The van der Waals surface area contributed by atoms with Crippen LogP contribution in [0.3, 0.4) is 0 Å². The first-order chi connectivity index (χ1) is 10.3. The van der Waals surface area contributed by atoms with Crippen LogP contribution in [-0.4, -0.2) is 9.97 Å². The monoisotopic (exact) mass is 313 g/mol. The molecule has 3 nitrogen and oxygen atoms in total. The molecule has 0 spiro atoms. The topological polar surface area (TPSA) is 38.1 Å². The summed E-state index contributed by atoms with van der Waals surface area (Å²) in [4.78, 5) is 10.3. The Bertz CT molecular complexity index is 719. The molecule has 0 saturated heterocycles. The minimum Gasteiger partial charge on any atom is -0.226 e. The van der Waals surface area contributed by atoms with Gasteiger partial charge in [-0.15, -0.1) is 0 Å². The Morgan fingerprint density at radius 1 is 0.810 bits per heavy atom. The zero-order valence-electron chi connectivity index (χ0n) is 11.1. The molecule has 0 radical (unpaired) electrons. The SMILES string of the molecule is Clc1nccc(N=S(c2ccccc2)c2ccccc2)n1. The van der Waals surface area contributed by atoms with Gasteiger partial charge in [-0.3, -0.25) is 0 Å². The minimum absolute atomic E-state index is 0.209. The second-order valence-corrected chi connectivity index (χ2v) is 6.22. The maximum Gasteiger partial charge on any atom is 0.224 e. The van der Waals surface area contributed by atoms with Gasteiger partial charge in [0.15, 0.2) is 5.82 Å². The molecule has 3 aromatic rings. The number of rotatable bonds is 3. The van der Waals surface area contributed by atoms with E-state index in [4.69, 9.17) is 16.0 Å². The van der Waals surface area contributed by atoms with E-state index < -0.39 is 10.7 Å². The number of halogens is 1. The predicted molar refractivity (Wildman–Crippen MR) is 85.9 cm³/mol. The Morgan fingerprint density at radius 3 is 1.90 bits per heavy atom. The van der Waals surface area contributed by atoms with Crippen LogP contribution >= 0.6 is 11.6 Å². The first-order valence-corrected chi connectivity index (χ1v) is 7.94. The lowest BCUT2D eigenvalue weighted by atomic mass is 10.4. The molecule has 21 heavy (non-hydrogen) atoms. The van der Waals surface area contributed by atoms with E-state index in [9.17, 15) is 0 Å². The predicted octanol–water partition coefficient (Wildman–Crippen LogP) is 4.68. The Labute approximate surface area is 130 Å². The van der Waals surface area contributed by atoms with E-state index in [0.717, 1.165) is 9.79 Å². The van der Waals surface area contributed by atoms with E-state index >= 15 is 0 Å². The molecule has 2 aromatic carbocycles. The Hall–Kier alpha value is -2.04. The number of aromatic nitrogens is 2. The van der Waals surface area contributed by atoms with Crippen LogP contribution < -0.4 is 0 Å². The first-order valence-electron chi connectivity index (χ1n) is 6.38. The summed E-state index contributed by atoms with van der Waals surface area (Å²) in [6, 6.07) is 22.1. The molecule has 1 heterocycles. The van der Waals surface area contributed by atoms with Crippen LogP contribution in [0.25, 0.3) is 0 Å². The van der Waals surface area contributed by atoms with Crippen molar-refractivity contribution >= 4 is 28.1 Å². The summed E-state index contributed by atoms with van der Waals surface area (Å²) >= 11 is 5.84. The summed E-state index contributed by atoms with van der Waals surface area (Å²) < 4.78 is 4.75. The summed E-state index contributed by atoms with van der Waals surface area (Å²) in [6.45, 7) is 0. The summed E-state index contributed by atoms with van der Waals surface area (Å²) in [7, 11) is -0.434. The van der Waals surface area contributed by atoms with Crippen LogP contribution in [0.15, 0.2) is 87.1 Å². The molecular formula is C16H12ClN3S. The fourth-order valence-corrected chi connectivity index (χ4v) is 3.56. The zero-order valence-corrected chi connectivity index (χ0v) is 12.6. The third kappa shape index (κ3) is 3.54. The molecule has 0 unspecified atom stereocenters. The molecule has 0 aliphatic carbocycles. The lowest BCUT2D eigenvalue weighted by Gasteiger charge is -2.08. The number of nitrogens with zero attached hydrogens (tertiary/aromatic N) is 3. The molecule has 3 rings (SSSR count). The highest BCUT2D eigenvalue weighted by atomic mass is 35.5. The van der Waals surface area contributed by atoms with Gasteiger partial charge in [0.1, 0.15) is 0 Å². The van der Waals surface area contributed by atoms with E-state index in [1.807, 2.05) is 36.4 Å². The highest BCUT2D eigenvalue weighted by Crippen LogP contribution is 2.22. The van der Waals surface area contributed by atoms with E-state index in [0.29, 0.717) is 5.82 Å². The molecule has 1 aromatic heterocycles. The number of benzene rings is 2. The highest BCUT2D eigenvalue weighted by molar-refractivity contribution is 7.87. The van der Waals surface area contributed by atoms with Crippen molar-refractivity contribution in [1.29, 1.82) is 0 Å². The van der Waals surface area contributed by atoms with Gasteiger partial charge in [-0.2, -0.15) is 9.35 Å². The van der Waals surface area contributed by atoms with Crippen molar-refractivity contribution < 1.29 is 0 Å². The lowest BCUT2D eigenvalue weighted by Crippen LogP contribution is -1.93. The van der Waals surface area contributed by atoms with E-state index in [1.54, 1.807) is 12.3 Å². The summed E-state index contributed by atoms with van der Waals surface area (Å²) in [5, 5.41) is 0.209. The first kappa shape index (κ1) is 13.9. The van der Waals surface area contributed by atoms with Crippen molar-refractivity contribution in [2.75, 3.05) is 0 Å². The molecule has 0 atom stereocenters. The van der Waals surface area contributed by atoms with Crippen molar-refractivity contribution in [3.05, 3.63) is 78.2 Å². The van der Waals surface area contributed by atoms with E-state index in [1.165, 1.54) is 0 Å². The van der Waals surface area contributed by atoms with Gasteiger partial charge in [0.05, 0.1) is 0 Å². The fourth-order valence-electron chi connectivity index (χ4n) is 1.81. The maximum atomic E-state index is 5.84. The van der Waals surface area contributed by atoms with Crippen molar-refractivity contribution in [2.24, 2.45) is 4.36 Å². The molecule has 0 aliphatic rings. The Morgan fingerprint density at radius 2 is 1.38 bits per heavy atom. The molecular weight excluding hydrogens is 302 g/mol. The molecule has 0 bridgehead atoms. The van der Waals surface area contributed by atoms with Crippen LogP contribution in [0.4, 0.5) is 5.82 Å². The maximum absolute atomic E-state index is 5.84. The average Bonchev–Trinajstić information content (AvgIpc) is 2.54. The molecule has 104 valence electrons. The average molecular weight is 314 g/mol. The van der Waals surface area contributed by atoms with Gasteiger partial charge in [-0.05, 0) is 46.6 Å². The minimum atomic E-state index is -0.434. The highest BCUT2D eigenvalue weighted by Gasteiger charge is 2.05. The van der Waals surface area contributed by atoms with Crippen molar-refractivity contribution in [1.82, 2.24) is 9.97 Å². The molecule has 0 saturated carbocycles. The molecule has 5 heteroatoms. The molecule has 0 aliphatic heterocycles. The molecule has 0 fully saturated rings. The van der Waals surface area contributed by atoms with Crippen LogP contribution in [0.1, 0.15) is 0 Å². The Kier molecular flexibility index (Phi) is 4.38. The van der Waals surface area contributed by atoms with E-state index in [2.05, 4.69) is 34.2 Å². The standard InChI is InChI=1S/C16H12ClN3S/c17-16-18-12-11-15(19-16)20-21(13-7-3-1-4-8-13)14-9-5-2-6-10-14/h1-12H. The third-order valence-corrected chi connectivity index (χ3v) is 4.72. The van der Waals surface area contributed by atoms with Crippen LogP contribution in [0.2, 0.25) is 5.28 Å². The van der Waals surface area contributed by atoms with Crippen molar-refractivity contribution in [2.45, 2.75) is 9.79 Å². The molecule has 0 N–H and O–H groups in total. The van der Waals surface area contributed by atoms with Gasteiger partial charge in [0.25, 0.3) is 0 Å². The summed E-state index contributed by atoms with van der Waals surface area (Å²) in [5.41, 5.74) is 0. The summed E-state index contributed by atoms with van der Waals surface area (Å²) in [5.74, 6) is 0.589. The van der Waals surface area contributed by atoms with Gasteiger partial charge >= 0.3 is 0 Å². The molecule has 0 amide bonds. The second-order valence-electron chi connectivity index (χ2n) is 4.19. The van der Waals surface area contributed by atoms with Crippen LogP contribution in [0, 0.1) is 0 Å². The number of hydrogen-bond donors (Lipinski definition) is 0. The number of hydrogen-bond acceptors (Lipinski definition) is 3. The fraction of sp³-hybridized carbons (Fsp3) is 0. The van der Waals surface area contributed by atoms with Crippen molar-refractivity contribution in [3.8, 4) is 0 Å². The zero-order chi connectivity index (χ0) is 14.5. The Balaban J connectivity index is 2.13. The van der Waals surface area contributed by atoms with E-state index in [-0.39, 0.29) is 5.28 Å². The van der Waals surface area contributed by atoms with Crippen LogP contribution in [0.5, 0.6) is 0 Å². The van der Waals surface area contributed by atoms with Crippen molar-refractivity contribution in [3.63, 3.8) is 0 Å². The normalized spacial score (nSPS) is 10.6. The van der Waals surface area contributed by atoms with Gasteiger partial charge in [0.2, 0.25) is 5.28 Å². The van der Waals surface area contributed by atoms with Gasteiger partial charge in [-0.25, -0.2) is 4.98 Å². The summed E-state index contributed by atoms with van der Waals surface area (Å²) in [6.07, 6.45) is 1.62.